The van der Waals surface area contributed by atoms with Crippen LogP contribution in [0.2, 0.25) is 0 Å². The summed E-state index contributed by atoms with van der Waals surface area (Å²) in [6.07, 6.45) is 0.898. The molecule has 0 atom stereocenters. The number of rotatable bonds is 9. The maximum Gasteiger partial charge on any atom is 0.352 e. The summed E-state index contributed by atoms with van der Waals surface area (Å²) in [6.45, 7) is 0. The molecular weight excluding hydrogens is 1120 g/mol. The number of hydrogen-bond donors (Lipinski definition) is 1. The minimum absolute atomic E-state index is 0.400. The molecule has 0 amide bonds. The fourth-order valence-corrected chi connectivity index (χ4v) is 11.5. The number of aromatic nitrogens is 4. The lowest BCUT2D eigenvalue weighted by atomic mass is 9.77. The molecule has 4 heterocycles. The van der Waals surface area contributed by atoms with Crippen LogP contribution >= 0.6 is 66.7 Å². The third-order valence-electron chi connectivity index (χ3n) is 13.4. The number of ether oxygens (including phenoxy) is 1. The van der Waals surface area contributed by atoms with Gasteiger partial charge >= 0.3 is 5.97 Å². The number of hydrogen-bond acceptors (Lipinski definition) is 7. The van der Waals surface area contributed by atoms with E-state index in [1.54, 1.807) is 0 Å². The van der Waals surface area contributed by atoms with Crippen molar-refractivity contribution in [3.63, 3.8) is 0 Å². The van der Waals surface area contributed by atoms with E-state index in [2.05, 4.69) is 209 Å². The fourth-order valence-electron chi connectivity index (χ4n) is 10.3. The van der Waals surface area contributed by atoms with E-state index in [4.69, 9.17) is 54.8 Å². The van der Waals surface area contributed by atoms with E-state index in [1.807, 2.05) is 48.5 Å². The number of aliphatic hydroxyl groups is 1. The summed E-state index contributed by atoms with van der Waals surface area (Å²) in [4.78, 5) is 21.3. The highest BCUT2D eigenvalue weighted by molar-refractivity contribution is 9.10. The van der Waals surface area contributed by atoms with Crippen molar-refractivity contribution >= 4 is 117 Å². The molecule has 0 aliphatic carbocycles. The first-order valence-corrected chi connectivity index (χ1v) is 26.3. The maximum absolute atomic E-state index is 12.2. The van der Waals surface area contributed by atoms with Gasteiger partial charge in [0, 0.05) is 30.7 Å². The van der Waals surface area contributed by atoms with E-state index < -0.39 is 20.8 Å². The van der Waals surface area contributed by atoms with Gasteiger partial charge in [0.2, 0.25) is 3.79 Å². The summed E-state index contributed by atoms with van der Waals surface area (Å²) in [6, 6.07) is 71.0. The molecule has 0 unspecified atom stereocenters. The summed E-state index contributed by atoms with van der Waals surface area (Å²) in [5.74, 6) is -0.400. The third kappa shape index (κ3) is 8.99. The predicted molar refractivity (Wildman–Crippen MR) is 306 cm³/mol. The van der Waals surface area contributed by atoms with E-state index in [0.29, 0.717) is 28.9 Å². The average Bonchev–Trinajstić information content (AvgIpc) is 4.28. The zero-order valence-corrected chi connectivity index (χ0v) is 45.3. The Morgan fingerprint density at radius 2 is 0.811 bits per heavy atom. The van der Waals surface area contributed by atoms with Crippen LogP contribution in [-0.2, 0) is 33.5 Å². The summed E-state index contributed by atoms with van der Waals surface area (Å²) in [5.41, 5.74) is 11.4. The van der Waals surface area contributed by atoms with Gasteiger partial charge in [-0.15, -0.1) is 0 Å². The van der Waals surface area contributed by atoms with Crippen LogP contribution in [0.4, 0.5) is 11.4 Å². The monoisotopic (exact) mass is 1160 g/mol. The van der Waals surface area contributed by atoms with Crippen molar-refractivity contribution in [3.05, 3.63) is 260 Å². The zero-order chi connectivity index (χ0) is 51.6. The van der Waals surface area contributed by atoms with Crippen molar-refractivity contribution in [3.8, 4) is 0 Å². The van der Waals surface area contributed by atoms with E-state index in [-0.39, 0.29) is 0 Å². The summed E-state index contributed by atoms with van der Waals surface area (Å²) in [7, 11) is 2.38. The molecule has 2 aliphatic heterocycles. The van der Waals surface area contributed by atoms with Crippen molar-refractivity contribution in [1.29, 1.82) is 0 Å². The molecule has 0 bridgehead atoms. The van der Waals surface area contributed by atoms with Crippen molar-refractivity contribution in [2.75, 3.05) is 14.2 Å². The molecule has 74 heavy (non-hydrogen) atoms. The second kappa shape index (κ2) is 21.3. The lowest BCUT2D eigenvalue weighted by Gasteiger charge is -2.37. The lowest BCUT2D eigenvalue weighted by molar-refractivity contribution is -0.132. The van der Waals surface area contributed by atoms with Gasteiger partial charge < -0.3 is 9.84 Å². The van der Waals surface area contributed by atoms with Gasteiger partial charge in [-0.1, -0.05) is 217 Å². The van der Waals surface area contributed by atoms with Crippen molar-refractivity contribution in [1.82, 2.24) is 19.6 Å². The molecule has 10 aromatic rings. The third-order valence-corrected chi connectivity index (χ3v) is 15.3. The van der Waals surface area contributed by atoms with Crippen LogP contribution in [0.25, 0.3) is 21.8 Å². The molecule has 0 spiro atoms. The smallest absolute Gasteiger partial charge is 0.352 e. The number of alkyl halides is 3. The minimum Gasteiger partial charge on any atom is -0.465 e. The number of benzene rings is 8. The van der Waals surface area contributed by atoms with Gasteiger partial charge in [0.05, 0.1) is 35.2 Å². The predicted octanol–water partition coefficient (Wildman–Crippen LogP) is 14.7. The van der Waals surface area contributed by atoms with Gasteiger partial charge in [-0.2, -0.15) is 10.2 Å². The molecule has 2 aromatic heterocycles. The van der Waals surface area contributed by atoms with E-state index in [1.165, 1.54) is 7.11 Å². The van der Waals surface area contributed by atoms with Crippen molar-refractivity contribution < 1.29 is 14.6 Å². The first-order valence-electron chi connectivity index (χ1n) is 23.5. The fraction of sp³-hybridized carbons (Fsp3) is 0.117. The number of aliphatic imine (C=N–C) groups is 2. The zero-order valence-electron chi connectivity index (χ0n) is 39.9. The standard InChI is InChI=1S/C30H22BrN3O2.C29H19BrCl3N3.CH4O/c1-36-29(35)26-17-20-18-27-24(19-25(20)32-26)28(31)33-34(27)30(21-11-5-2-6-12-21,22-13-7-3-8-14-22)23-15-9-4-10-16-23;30-27-23-18-24-19(17-26(34-24)29(31,32)33)16-25(23)36(35-27)28(20-10-4-1-5-11-20,21-12-6-2-7-13-21)22-14-8-3-9-15-22;1-2/h2-16,18-19H,17H2,1H3;1-16,18H,17H2;2H,1H3. The number of esters is 1. The van der Waals surface area contributed by atoms with Crippen molar-refractivity contribution in [2.45, 2.75) is 27.7 Å². The van der Waals surface area contributed by atoms with Gasteiger partial charge in [-0.3, -0.25) is 4.99 Å². The normalized spacial score (nSPS) is 13.0. The molecule has 0 saturated heterocycles. The molecule has 0 saturated carbocycles. The van der Waals surface area contributed by atoms with Gasteiger partial charge in [0.1, 0.15) is 26.0 Å². The van der Waals surface area contributed by atoms with E-state index in [0.717, 1.165) is 89.4 Å². The second-order valence-corrected chi connectivity index (χ2v) is 21.3. The first-order chi connectivity index (χ1) is 36.0. The van der Waals surface area contributed by atoms with Crippen LogP contribution in [0.3, 0.4) is 0 Å². The summed E-state index contributed by atoms with van der Waals surface area (Å²) >= 11 is 26.0. The Bertz CT molecular complexity index is 3510. The van der Waals surface area contributed by atoms with Gasteiger partial charge in [0.15, 0.2) is 0 Å². The SMILES string of the molecule is CO.COC(=O)C1=Nc2cc3c(Br)nn(C(c4ccccc4)(c4ccccc4)c4ccccc4)c3cc2C1.ClC(Cl)(Cl)C1=Nc2cc3c(Br)nn(C(c4ccccc4)(c4ccccc4)c4ccccc4)c3cc2C1. The number of fused-ring (bicyclic) bond motifs is 4. The summed E-state index contributed by atoms with van der Waals surface area (Å²) in [5, 5.41) is 19.1. The minimum atomic E-state index is -1.55. The first kappa shape index (κ1) is 50.8. The number of carbonyl (C=O) groups excluding carboxylic acids is 1. The molecule has 368 valence electrons. The van der Waals surface area contributed by atoms with Crippen LogP contribution < -0.4 is 0 Å². The summed E-state index contributed by atoms with van der Waals surface area (Å²) < 4.78 is 9.03. The van der Waals surface area contributed by atoms with E-state index >= 15 is 0 Å². The van der Waals surface area contributed by atoms with Crippen LogP contribution in [0.1, 0.15) is 44.5 Å². The van der Waals surface area contributed by atoms with Gasteiger partial charge in [-0.05, 0) is 101 Å². The molecular formula is C60H45Br2Cl3N6O3. The average molecular weight is 1160 g/mol. The number of aliphatic hydroxyl groups excluding tert-OH is 1. The molecule has 2 aliphatic rings. The molecule has 9 nitrogen and oxygen atoms in total. The Morgan fingerprint density at radius 1 is 0.500 bits per heavy atom. The highest BCUT2D eigenvalue weighted by atomic mass is 79.9. The second-order valence-electron chi connectivity index (χ2n) is 17.5. The number of halogens is 5. The maximum atomic E-state index is 12.2. The number of nitrogens with zero attached hydrogens (tertiary/aromatic N) is 6. The molecule has 0 radical (unpaired) electrons. The van der Waals surface area contributed by atoms with Gasteiger partial charge in [0.25, 0.3) is 0 Å². The van der Waals surface area contributed by atoms with Crippen LogP contribution in [-0.4, -0.2) is 60.1 Å². The molecule has 14 heteroatoms. The van der Waals surface area contributed by atoms with Crippen molar-refractivity contribution in [2.24, 2.45) is 9.98 Å². The molecule has 8 aromatic carbocycles. The lowest BCUT2D eigenvalue weighted by Crippen LogP contribution is -2.38. The quantitative estimate of drug-likeness (QED) is 0.0880. The molecule has 1 N–H and O–H groups in total. The topological polar surface area (TPSA) is 107 Å². The Morgan fingerprint density at radius 3 is 1.12 bits per heavy atom. The highest BCUT2D eigenvalue weighted by Crippen LogP contribution is 2.48. The Balaban J connectivity index is 0.000000164. The molecule has 12 rings (SSSR count). The highest BCUT2D eigenvalue weighted by Gasteiger charge is 2.43. The largest absolute Gasteiger partial charge is 0.465 e. The number of carbonyl (C=O) groups is 1. The van der Waals surface area contributed by atoms with Crippen LogP contribution in [0.15, 0.2) is 225 Å². The van der Waals surface area contributed by atoms with Gasteiger partial charge in [-0.25, -0.2) is 19.2 Å². The van der Waals surface area contributed by atoms with Crippen LogP contribution in [0.5, 0.6) is 0 Å². The Kier molecular flexibility index (Phi) is 14.6. The van der Waals surface area contributed by atoms with E-state index in [9.17, 15) is 4.79 Å². The molecule has 0 fully saturated rings. The number of methoxy groups -OCH3 is 1. The Hall–Kier alpha value is -6.70. The Labute approximate surface area is 460 Å². The van der Waals surface area contributed by atoms with Crippen LogP contribution in [0, 0.1) is 0 Å².